The molecule has 0 saturated heterocycles. The van der Waals surface area contributed by atoms with Gasteiger partial charge in [-0.15, -0.1) is 0 Å². The van der Waals surface area contributed by atoms with Crippen molar-refractivity contribution in [2.24, 2.45) is 4.99 Å². The van der Waals surface area contributed by atoms with Gasteiger partial charge in [-0.05, 0) is 38.0 Å². The van der Waals surface area contributed by atoms with Crippen molar-refractivity contribution in [2.75, 3.05) is 0 Å². The molecule has 0 aliphatic heterocycles. The van der Waals surface area contributed by atoms with Crippen molar-refractivity contribution in [3.63, 3.8) is 0 Å². The molecule has 0 heterocycles. The van der Waals surface area contributed by atoms with E-state index in [2.05, 4.69) is 11.9 Å². The molecule has 1 nitrogen and oxygen atoms in total. The Morgan fingerprint density at radius 2 is 2.20 bits per heavy atom. The van der Waals surface area contributed by atoms with Gasteiger partial charge in [-0.2, -0.15) is 0 Å². The van der Waals surface area contributed by atoms with E-state index < -0.39 is 5.82 Å². The monoisotopic (exact) mass is 227 g/mol. The number of aliphatic imine (C=N–C) groups is 1. The molecule has 3 heteroatoms. The average Bonchev–Trinajstić information content (AvgIpc) is 2.20. The maximum absolute atomic E-state index is 12.9. The van der Waals surface area contributed by atoms with Crippen LogP contribution in [0.25, 0.3) is 0 Å². The zero-order chi connectivity index (χ0) is 11.3. The van der Waals surface area contributed by atoms with Gasteiger partial charge in [0.1, 0.15) is 5.82 Å². The zero-order valence-corrected chi connectivity index (χ0v) is 9.81. The molecule has 0 radical (unpaired) electrons. The van der Waals surface area contributed by atoms with E-state index in [4.69, 9.17) is 11.6 Å². The molecular weight excluding hydrogens is 213 g/mol. The van der Waals surface area contributed by atoms with Crippen LogP contribution in [0.15, 0.2) is 23.2 Å². The third-order valence-electron chi connectivity index (χ3n) is 2.12. The van der Waals surface area contributed by atoms with Crippen molar-refractivity contribution in [1.82, 2.24) is 0 Å². The molecule has 0 aliphatic carbocycles. The standard InChI is InChI=1S/C12H15ClFN/c1-3-4-5-9(2)15-10-6-7-12(14)11(13)8-10/h6-8H,3-5H2,1-2H3. The second-order valence-corrected chi connectivity index (χ2v) is 3.96. The molecule has 15 heavy (non-hydrogen) atoms. The van der Waals surface area contributed by atoms with Crippen molar-refractivity contribution in [3.05, 3.63) is 29.0 Å². The van der Waals surface area contributed by atoms with Crippen LogP contribution in [0.1, 0.15) is 33.1 Å². The summed E-state index contributed by atoms with van der Waals surface area (Å²) in [5.74, 6) is -0.401. The molecule has 0 aliphatic rings. The Hall–Kier alpha value is -0.890. The van der Waals surface area contributed by atoms with Crippen molar-refractivity contribution in [2.45, 2.75) is 33.1 Å². The van der Waals surface area contributed by atoms with Gasteiger partial charge in [0.2, 0.25) is 0 Å². The summed E-state index contributed by atoms with van der Waals surface area (Å²) in [6.45, 7) is 4.12. The molecule has 0 saturated carbocycles. The third kappa shape index (κ3) is 4.00. The average molecular weight is 228 g/mol. The Kier molecular flexibility index (Phi) is 4.76. The summed E-state index contributed by atoms with van der Waals surface area (Å²) in [6, 6.07) is 4.53. The second kappa shape index (κ2) is 5.86. The van der Waals surface area contributed by atoms with Crippen LogP contribution in [-0.4, -0.2) is 5.71 Å². The minimum absolute atomic E-state index is 0.125. The number of hydrogen-bond donors (Lipinski definition) is 0. The summed E-state index contributed by atoms with van der Waals surface area (Å²) in [7, 11) is 0. The number of halogens is 2. The van der Waals surface area contributed by atoms with Crippen LogP contribution in [0.4, 0.5) is 10.1 Å². The number of rotatable bonds is 4. The largest absolute Gasteiger partial charge is 0.258 e. The molecule has 0 amide bonds. The lowest BCUT2D eigenvalue weighted by Gasteiger charge is -2.00. The van der Waals surface area contributed by atoms with Gasteiger partial charge in [0, 0.05) is 5.71 Å². The van der Waals surface area contributed by atoms with Crippen LogP contribution < -0.4 is 0 Å². The van der Waals surface area contributed by atoms with Crippen LogP contribution >= 0.6 is 11.6 Å². The molecule has 82 valence electrons. The molecule has 0 atom stereocenters. The molecule has 0 spiro atoms. The maximum Gasteiger partial charge on any atom is 0.141 e. The van der Waals surface area contributed by atoms with Gasteiger partial charge in [0.15, 0.2) is 0 Å². The quantitative estimate of drug-likeness (QED) is 0.658. The Bertz CT molecular complexity index is 361. The van der Waals surface area contributed by atoms with E-state index >= 15 is 0 Å². The van der Waals surface area contributed by atoms with Gasteiger partial charge in [-0.3, -0.25) is 4.99 Å². The normalized spacial score (nSPS) is 11.9. The smallest absolute Gasteiger partial charge is 0.141 e. The van der Waals surface area contributed by atoms with E-state index in [0.29, 0.717) is 0 Å². The SMILES string of the molecule is CCCCC(C)=Nc1ccc(F)c(Cl)c1. The predicted octanol–water partition coefficient (Wildman–Crippen LogP) is 4.76. The molecule has 0 aromatic heterocycles. The lowest BCUT2D eigenvalue weighted by atomic mass is 10.2. The number of benzene rings is 1. The van der Waals surface area contributed by atoms with Crippen molar-refractivity contribution in [3.8, 4) is 0 Å². The highest BCUT2D eigenvalue weighted by atomic mass is 35.5. The van der Waals surface area contributed by atoms with E-state index in [1.54, 1.807) is 12.1 Å². The van der Waals surface area contributed by atoms with Crippen molar-refractivity contribution in [1.29, 1.82) is 0 Å². The molecule has 0 fully saturated rings. The number of unbranched alkanes of at least 4 members (excludes halogenated alkanes) is 1. The first-order valence-electron chi connectivity index (χ1n) is 5.12. The summed E-state index contributed by atoms with van der Waals surface area (Å²) >= 11 is 5.66. The fourth-order valence-corrected chi connectivity index (χ4v) is 1.44. The molecule has 1 aromatic carbocycles. The molecule has 0 bridgehead atoms. The fraction of sp³-hybridized carbons (Fsp3) is 0.417. The topological polar surface area (TPSA) is 12.4 Å². The highest BCUT2D eigenvalue weighted by Gasteiger charge is 2.00. The lowest BCUT2D eigenvalue weighted by molar-refractivity contribution is 0.628. The summed E-state index contributed by atoms with van der Waals surface area (Å²) in [4.78, 5) is 4.36. The predicted molar refractivity (Wildman–Crippen MR) is 63.7 cm³/mol. The first-order valence-corrected chi connectivity index (χ1v) is 5.50. The van der Waals surface area contributed by atoms with Crippen LogP contribution in [0, 0.1) is 5.82 Å². The Morgan fingerprint density at radius 1 is 1.47 bits per heavy atom. The third-order valence-corrected chi connectivity index (χ3v) is 2.40. The number of hydrogen-bond acceptors (Lipinski definition) is 1. The molecule has 1 aromatic rings. The Balaban J connectivity index is 2.75. The minimum Gasteiger partial charge on any atom is -0.258 e. The van der Waals surface area contributed by atoms with E-state index in [1.165, 1.54) is 6.07 Å². The number of nitrogens with zero attached hydrogens (tertiary/aromatic N) is 1. The van der Waals surface area contributed by atoms with Crippen LogP contribution in [0.3, 0.4) is 0 Å². The van der Waals surface area contributed by atoms with Gasteiger partial charge in [0.25, 0.3) is 0 Å². The zero-order valence-electron chi connectivity index (χ0n) is 9.06. The van der Waals surface area contributed by atoms with Gasteiger partial charge >= 0.3 is 0 Å². The molecule has 1 rings (SSSR count). The van der Waals surface area contributed by atoms with Crippen LogP contribution in [-0.2, 0) is 0 Å². The lowest BCUT2D eigenvalue weighted by Crippen LogP contribution is -1.89. The van der Waals surface area contributed by atoms with E-state index in [1.807, 2.05) is 6.92 Å². The van der Waals surface area contributed by atoms with Gasteiger partial charge in [-0.25, -0.2) is 4.39 Å². The molecular formula is C12H15ClFN. The summed E-state index contributed by atoms with van der Waals surface area (Å²) in [6.07, 6.45) is 3.26. The van der Waals surface area contributed by atoms with Crippen molar-refractivity contribution >= 4 is 23.0 Å². The van der Waals surface area contributed by atoms with Gasteiger partial charge < -0.3 is 0 Å². The maximum atomic E-state index is 12.9. The fourth-order valence-electron chi connectivity index (χ4n) is 1.26. The van der Waals surface area contributed by atoms with E-state index in [0.717, 1.165) is 30.7 Å². The minimum atomic E-state index is -0.401. The van der Waals surface area contributed by atoms with Crippen LogP contribution in [0.2, 0.25) is 5.02 Å². The van der Waals surface area contributed by atoms with Crippen LogP contribution in [0.5, 0.6) is 0 Å². The van der Waals surface area contributed by atoms with Crippen molar-refractivity contribution < 1.29 is 4.39 Å². The van der Waals surface area contributed by atoms with Gasteiger partial charge in [0.05, 0.1) is 10.7 Å². The van der Waals surface area contributed by atoms with E-state index in [-0.39, 0.29) is 5.02 Å². The Labute approximate surface area is 95.0 Å². The Morgan fingerprint density at radius 3 is 2.80 bits per heavy atom. The first kappa shape index (κ1) is 12.2. The molecule has 0 N–H and O–H groups in total. The highest BCUT2D eigenvalue weighted by Crippen LogP contribution is 2.22. The van der Waals surface area contributed by atoms with Gasteiger partial charge in [-0.1, -0.05) is 24.9 Å². The molecule has 0 unspecified atom stereocenters. The highest BCUT2D eigenvalue weighted by molar-refractivity contribution is 6.31. The first-order chi connectivity index (χ1) is 7.13. The summed E-state index contributed by atoms with van der Waals surface area (Å²) in [5, 5.41) is 0.125. The summed E-state index contributed by atoms with van der Waals surface area (Å²) < 4.78 is 12.9. The van der Waals surface area contributed by atoms with E-state index in [9.17, 15) is 4.39 Å². The summed E-state index contributed by atoms with van der Waals surface area (Å²) in [5.41, 5.74) is 1.77. The second-order valence-electron chi connectivity index (χ2n) is 3.55.